The third-order valence-corrected chi connectivity index (χ3v) is 10.5. The summed E-state index contributed by atoms with van der Waals surface area (Å²) in [7, 11) is 0. The molecule has 3 saturated carbocycles. The molecule has 0 aromatic heterocycles. The summed E-state index contributed by atoms with van der Waals surface area (Å²) in [6.07, 6.45) is -0.0700. The molecule has 0 bridgehead atoms. The highest BCUT2D eigenvalue weighted by Crippen LogP contribution is 2.71. The average molecular weight is 653 g/mol. The number of aliphatic hydroxyl groups excluding tert-OH is 2. The van der Waals surface area contributed by atoms with Crippen molar-refractivity contribution in [2.75, 3.05) is 33.0 Å². The maximum atomic E-state index is 17.6. The van der Waals surface area contributed by atoms with E-state index >= 15 is 8.78 Å². The highest BCUT2D eigenvalue weighted by Gasteiger charge is 2.79. The Hall–Kier alpha value is -2.80. The van der Waals surface area contributed by atoms with E-state index in [2.05, 4.69) is 6.58 Å². The molecule has 0 amide bonds. The van der Waals surface area contributed by atoms with Crippen LogP contribution in [0.1, 0.15) is 65.7 Å². The monoisotopic (exact) mass is 652 g/mol. The van der Waals surface area contributed by atoms with Gasteiger partial charge < -0.3 is 29.2 Å². The van der Waals surface area contributed by atoms with Gasteiger partial charge in [-0.05, 0) is 62.7 Å². The second kappa shape index (κ2) is 14.1. The van der Waals surface area contributed by atoms with Gasteiger partial charge in [0.1, 0.15) is 18.9 Å². The van der Waals surface area contributed by atoms with Crippen molar-refractivity contribution in [1.29, 1.82) is 0 Å². The Balaban J connectivity index is 1.68. The first-order valence-electron chi connectivity index (χ1n) is 16.1. The molecule has 9 unspecified atom stereocenters. The zero-order valence-electron chi connectivity index (χ0n) is 26.8. The molecule has 0 radical (unpaired) electrons. The number of hydrogen-bond acceptors (Lipinski definition) is 10. The van der Waals surface area contributed by atoms with E-state index in [-0.39, 0.29) is 31.6 Å². The molecular formula is C34H46F2O10. The van der Waals surface area contributed by atoms with E-state index in [9.17, 15) is 29.4 Å². The van der Waals surface area contributed by atoms with Crippen molar-refractivity contribution in [3.8, 4) is 0 Å². The van der Waals surface area contributed by atoms with Gasteiger partial charge in [-0.1, -0.05) is 32.4 Å². The summed E-state index contributed by atoms with van der Waals surface area (Å²) in [4.78, 5) is 51.9. The number of alkyl halides is 2. The minimum absolute atomic E-state index is 0.0816. The number of halogens is 2. The summed E-state index contributed by atoms with van der Waals surface area (Å²) in [6.45, 7) is 8.62. The second-order valence-electron chi connectivity index (χ2n) is 13.0. The van der Waals surface area contributed by atoms with E-state index in [1.54, 1.807) is 0 Å². The first-order chi connectivity index (χ1) is 21.8. The predicted molar refractivity (Wildman–Crippen MR) is 161 cm³/mol. The van der Waals surface area contributed by atoms with E-state index in [0.29, 0.717) is 19.4 Å². The number of Topliss-reactive ketones (excluding diaryl/α,β-unsaturated/α-hetero) is 1. The van der Waals surface area contributed by atoms with Gasteiger partial charge in [-0.15, -0.1) is 6.58 Å². The summed E-state index contributed by atoms with van der Waals surface area (Å²) in [5, 5.41) is 23.4. The molecule has 2 N–H and O–H groups in total. The number of esters is 2. The lowest BCUT2D eigenvalue weighted by Gasteiger charge is -2.63. The Morgan fingerprint density at radius 1 is 1.02 bits per heavy atom. The topological polar surface area (TPSA) is 146 Å². The number of unbranched alkanes of at least 4 members (excludes halogenated alkanes) is 1. The third kappa shape index (κ3) is 5.79. The number of fused-ring (bicyclic) bond motifs is 5. The molecule has 4 rings (SSSR count). The quantitative estimate of drug-likeness (QED) is 0.153. The van der Waals surface area contributed by atoms with Gasteiger partial charge >= 0.3 is 11.9 Å². The van der Waals surface area contributed by atoms with Gasteiger partial charge in [0.2, 0.25) is 11.4 Å². The minimum atomic E-state index is -2.51. The van der Waals surface area contributed by atoms with Crippen LogP contribution in [0.2, 0.25) is 0 Å². The van der Waals surface area contributed by atoms with Gasteiger partial charge in [0.05, 0.1) is 19.3 Å². The van der Waals surface area contributed by atoms with Crippen LogP contribution in [-0.2, 0) is 38.1 Å². The molecule has 0 spiro atoms. The minimum Gasteiger partial charge on any atom is -0.456 e. The molecule has 0 aliphatic heterocycles. The summed E-state index contributed by atoms with van der Waals surface area (Å²) in [6, 6.07) is 0. The number of carbonyl (C=O) groups excluding carboxylic acids is 4. The first kappa shape index (κ1) is 36.0. The molecule has 4 aliphatic rings. The van der Waals surface area contributed by atoms with Gasteiger partial charge in [-0.3, -0.25) is 14.4 Å². The van der Waals surface area contributed by atoms with Crippen molar-refractivity contribution in [3.63, 3.8) is 0 Å². The molecule has 4 aliphatic carbocycles. The fourth-order valence-corrected chi connectivity index (χ4v) is 8.33. The Bertz CT molecular complexity index is 1270. The molecule has 0 saturated heterocycles. The molecule has 0 aromatic rings. The van der Waals surface area contributed by atoms with Gasteiger partial charge in [0.25, 0.3) is 0 Å². The van der Waals surface area contributed by atoms with Crippen molar-refractivity contribution in [3.05, 3.63) is 36.5 Å². The zero-order chi connectivity index (χ0) is 33.9. The molecule has 0 heterocycles. The fraction of sp³-hybridized carbons (Fsp3) is 0.706. The standard InChI is InChI=1S/C34H46F2O10/c1-5-8-9-29(41)46-34(28(40)19-45-30(42)20-44-14-13-43-12-6-2)26(38)17-22-23-16-25(35)24-15-21(37)10-11-31(24,4)33(23,36)27(39)18-32(22,34)7-3/h7,10-11,15,22-23,25-27,38-39H,3,5-6,8-9,12-14,16-20H2,1-2,4H3. The number of ether oxygens (including phenoxy) is 4. The van der Waals surface area contributed by atoms with Crippen LogP contribution in [0.25, 0.3) is 0 Å². The smallest absolute Gasteiger partial charge is 0.332 e. The number of rotatable bonds is 15. The highest BCUT2D eigenvalue weighted by molar-refractivity contribution is 6.01. The van der Waals surface area contributed by atoms with Crippen molar-refractivity contribution in [1.82, 2.24) is 0 Å². The molecule has 10 nitrogen and oxygen atoms in total. The number of hydrogen-bond donors (Lipinski definition) is 2. The zero-order valence-corrected chi connectivity index (χ0v) is 26.8. The Kier molecular flexibility index (Phi) is 11.1. The van der Waals surface area contributed by atoms with Crippen LogP contribution >= 0.6 is 0 Å². The Labute approximate surface area is 268 Å². The summed E-state index contributed by atoms with van der Waals surface area (Å²) in [5.74, 6) is -5.49. The van der Waals surface area contributed by atoms with Crippen LogP contribution in [0.15, 0.2) is 36.5 Å². The molecular weight excluding hydrogens is 606 g/mol. The maximum absolute atomic E-state index is 17.6. The van der Waals surface area contributed by atoms with Crippen molar-refractivity contribution in [2.45, 2.75) is 95.4 Å². The lowest BCUT2D eigenvalue weighted by Crippen LogP contribution is -2.71. The predicted octanol–water partition coefficient (Wildman–Crippen LogP) is 3.47. The first-order valence-corrected chi connectivity index (χ1v) is 16.1. The molecule has 46 heavy (non-hydrogen) atoms. The van der Waals surface area contributed by atoms with Crippen molar-refractivity contribution >= 4 is 23.5 Å². The molecule has 0 aromatic carbocycles. The number of allylic oxidation sites excluding steroid dienone is 4. The van der Waals surface area contributed by atoms with Gasteiger partial charge in [-0.25, -0.2) is 13.6 Å². The fourth-order valence-electron chi connectivity index (χ4n) is 8.33. The molecule has 3 fully saturated rings. The SMILES string of the molecule is C=CC12CC(O)C3(F)C(CC(F)C4=CC(=O)C=CC43C)C1CC(O)C2(OC(=O)CCCC)C(=O)COC(=O)COCCOCCC. The van der Waals surface area contributed by atoms with Crippen LogP contribution in [-0.4, -0.2) is 96.4 Å². The van der Waals surface area contributed by atoms with Crippen molar-refractivity contribution < 1.29 is 57.1 Å². The number of aliphatic hydroxyl groups is 2. The lowest BCUT2D eigenvalue weighted by atomic mass is 9.44. The Morgan fingerprint density at radius 2 is 1.74 bits per heavy atom. The average Bonchev–Trinajstić information content (AvgIpc) is 3.26. The van der Waals surface area contributed by atoms with Crippen LogP contribution in [0.4, 0.5) is 8.78 Å². The number of ketones is 2. The van der Waals surface area contributed by atoms with E-state index in [4.69, 9.17) is 18.9 Å². The number of carbonyl (C=O) groups is 4. The Morgan fingerprint density at radius 3 is 2.41 bits per heavy atom. The lowest BCUT2D eigenvalue weighted by molar-refractivity contribution is -0.227. The van der Waals surface area contributed by atoms with Crippen molar-refractivity contribution in [2.24, 2.45) is 22.7 Å². The van der Waals surface area contributed by atoms with E-state index in [1.165, 1.54) is 19.1 Å². The van der Waals surface area contributed by atoms with E-state index < -0.39 is 102 Å². The van der Waals surface area contributed by atoms with Crippen LogP contribution in [0, 0.1) is 22.7 Å². The van der Waals surface area contributed by atoms with Gasteiger partial charge in [-0.2, -0.15) is 0 Å². The van der Waals surface area contributed by atoms with Crippen LogP contribution in [0.3, 0.4) is 0 Å². The molecule has 12 heteroatoms. The normalized spacial score (nSPS) is 37.8. The summed E-state index contributed by atoms with van der Waals surface area (Å²) >= 11 is 0. The third-order valence-electron chi connectivity index (χ3n) is 10.5. The van der Waals surface area contributed by atoms with Crippen LogP contribution in [0.5, 0.6) is 0 Å². The maximum Gasteiger partial charge on any atom is 0.332 e. The summed E-state index contributed by atoms with van der Waals surface area (Å²) < 4.78 is 55.1. The second-order valence-corrected chi connectivity index (χ2v) is 13.0. The van der Waals surface area contributed by atoms with E-state index in [0.717, 1.165) is 18.6 Å². The largest absolute Gasteiger partial charge is 0.456 e. The van der Waals surface area contributed by atoms with Gasteiger partial charge in [0.15, 0.2) is 18.1 Å². The molecule has 256 valence electrons. The van der Waals surface area contributed by atoms with Crippen LogP contribution < -0.4 is 0 Å². The highest BCUT2D eigenvalue weighted by atomic mass is 19.1. The van der Waals surface area contributed by atoms with Gasteiger partial charge in [0, 0.05) is 29.8 Å². The van der Waals surface area contributed by atoms with E-state index in [1.807, 2.05) is 13.8 Å². The summed E-state index contributed by atoms with van der Waals surface area (Å²) in [5.41, 5.74) is -8.46. The molecule has 9 atom stereocenters.